The maximum Gasteiger partial charge on any atom is 0.0991 e. The first-order valence-electron chi connectivity index (χ1n) is 4.53. The van der Waals surface area contributed by atoms with E-state index in [0.717, 1.165) is 11.1 Å². The van der Waals surface area contributed by atoms with Gasteiger partial charge in [0.1, 0.15) is 0 Å². The van der Waals surface area contributed by atoms with Crippen LogP contribution in [0.15, 0.2) is 41.6 Å². The largest absolute Gasteiger partial charge is 0.411 e. The first-order valence-corrected chi connectivity index (χ1v) is 4.53. The normalized spacial score (nSPS) is 10.8. The Balaban J connectivity index is 2.95. The van der Waals surface area contributed by atoms with Gasteiger partial charge in [0.05, 0.1) is 17.3 Å². The lowest BCUT2D eigenvalue weighted by molar-refractivity contribution is 0.318. The molecule has 0 heterocycles. The zero-order valence-electron chi connectivity index (χ0n) is 8.57. The third-order valence-corrected chi connectivity index (χ3v) is 1.94. The molecular formula is C12H12N2O. The fourth-order valence-corrected chi connectivity index (χ4v) is 1.22. The quantitative estimate of drug-likeness (QED) is 0.353. The molecule has 0 bridgehead atoms. The lowest BCUT2D eigenvalue weighted by Gasteiger charge is -2.03. The molecule has 3 heteroatoms. The number of nitrogens with zero attached hydrogens (tertiary/aromatic N) is 2. The lowest BCUT2D eigenvalue weighted by atomic mass is 10.0. The van der Waals surface area contributed by atoms with Gasteiger partial charge in [-0.25, -0.2) is 0 Å². The van der Waals surface area contributed by atoms with Gasteiger partial charge in [-0.1, -0.05) is 29.4 Å². The van der Waals surface area contributed by atoms with Crippen molar-refractivity contribution in [2.24, 2.45) is 5.16 Å². The van der Waals surface area contributed by atoms with Gasteiger partial charge in [-0.15, -0.1) is 0 Å². The highest BCUT2D eigenvalue weighted by molar-refractivity contribution is 6.01. The Kier molecular flexibility index (Phi) is 3.64. The standard InChI is InChI=1S/C12H12N2O/c1-9(2)7-12(14-15)11-5-3-10(8-13)4-6-11/h3-6,15H,1,7H2,2H3/b14-12+. The van der Waals surface area contributed by atoms with Crippen molar-refractivity contribution in [3.05, 3.63) is 47.5 Å². The summed E-state index contributed by atoms with van der Waals surface area (Å²) >= 11 is 0. The van der Waals surface area contributed by atoms with Crippen molar-refractivity contribution in [1.82, 2.24) is 0 Å². The third kappa shape index (κ3) is 2.96. The zero-order chi connectivity index (χ0) is 11.3. The van der Waals surface area contributed by atoms with Crippen molar-refractivity contribution in [3.8, 4) is 6.07 Å². The molecule has 0 saturated carbocycles. The summed E-state index contributed by atoms with van der Waals surface area (Å²) in [5.74, 6) is 0. The second kappa shape index (κ2) is 4.97. The second-order valence-electron chi connectivity index (χ2n) is 3.37. The van der Waals surface area contributed by atoms with E-state index in [9.17, 15) is 0 Å². The van der Waals surface area contributed by atoms with Crippen LogP contribution in [0, 0.1) is 11.3 Å². The highest BCUT2D eigenvalue weighted by atomic mass is 16.4. The molecule has 0 fully saturated rings. The molecule has 3 nitrogen and oxygen atoms in total. The van der Waals surface area contributed by atoms with E-state index >= 15 is 0 Å². The maximum atomic E-state index is 8.84. The Labute approximate surface area is 89.0 Å². The summed E-state index contributed by atoms with van der Waals surface area (Å²) in [7, 11) is 0. The molecule has 0 aliphatic heterocycles. The monoisotopic (exact) mass is 200 g/mol. The summed E-state index contributed by atoms with van der Waals surface area (Å²) in [4.78, 5) is 0. The van der Waals surface area contributed by atoms with Gasteiger partial charge in [0.25, 0.3) is 0 Å². The van der Waals surface area contributed by atoms with Gasteiger partial charge in [-0.2, -0.15) is 5.26 Å². The molecule has 1 rings (SSSR count). The predicted molar refractivity (Wildman–Crippen MR) is 58.9 cm³/mol. The van der Waals surface area contributed by atoms with E-state index < -0.39 is 0 Å². The van der Waals surface area contributed by atoms with Crippen molar-refractivity contribution >= 4 is 5.71 Å². The highest BCUT2D eigenvalue weighted by Gasteiger charge is 2.04. The number of rotatable bonds is 3. The zero-order valence-corrected chi connectivity index (χ0v) is 8.57. The van der Waals surface area contributed by atoms with E-state index in [4.69, 9.17) is 10.5 Å². The second-order valence-corrected chi connectivity index (χ2v) is 3.37. The minimum Gasteiger partial charge on any atom is -0.411 e. The molecule has 1 N–H and O–H groups in total. The number of oxime groups is 1. The minimum atomic E-state index is 0.530. The molecule has 15 heavy (non-hydrogen) atoms. The molecule has 0 unspecified atom stereocenters. The maximum absolute atomic E-state index is 8.84. The summed E-state index contributed by atoms with van der Waals surface area (Å²) in [5, 5.41) is 20.7. The Hall–Kier alpha value is -2.08. The van der Waals surface area contributed by atoms with E-state index in [1.54, 1.807) is 24.3 Å². The van der Waals surface area contributed by atoms with E-state index in [2.05, 4.69) is 11.7 Å². The van der Waals surface area contributed by atoms with Gasteiger partial charge < -0.3 is 5.21 Å². The van der Waals surface area contributed by atoms with Gasteiger partial charge in [0, 0.05) is 6.42 Å². The van der Waals surface area contributed by atoms with Crippen molar-refractivity contribution < 1.29 is 5.21 Å². The SMILES string of the molecule is C=C(C)C/C(=N\O)c1ccc(C#N)cc1. The highest BCUT2D eigenvalue weighted by Crippen LogP contribution is 2.10. The van der Waals surface area contributed by atoms with Crippen molar-refractivity contribution in [2.75, 3.05) is 0 Å². The molecule has 0 amide bonds. The molecule has 1 aromatic rings. The Bertz CT molecular complexity index is 424. The van der Waals surface area contributed by atoms with Crippen LogP contribution in [0.1, 0.15) is 24.5 Å². The fraction of sp³-hybridized carbons (Fsp3) is 0.167. The summed E-state index contributed by atoms with van der Waals surface area (Å²) in [6.45, 7) is 5.63. The van der Waals surface area contributed by atoms with E-state index in [0.29, 0.717) is 17.7 Å². The van der Waals surface area contributed by atoms with Crippen LogP contribution in [0.4, 0.5) is 0 Å². The minimum absolute atomic E-state index is 0.530. The van der Waals surface area contributed by atoms with Crippen LogP contribution >= 0.6 is 0 Å². The Morgan fingerprint density at radius 2 is 2.07 bits per heavy atom. The summed E-state index contributed by atoms with van der Waals surface area (Å²) < 4.78 is 0. The molecular weight excluding hydrogens is 188 g/mol. The number of hydrogen-bond acceptors (Lipinski definition) is 3. The van der Waals surface area contributed by atoms with E-state index in [-0.39, 0.29) is 0 Å². The van der Waals surface area contributed by atoms with Gasteiger partial charge in [0.2, 0.25) is 0 Å². The topological polar surface area (TPSA) is 56.4 Å². The molecule has 0 spiro atoms. The van der Waals surface area contributed by atoms with Gasteiger partial charge in [-0.05, 0) is 24.6 Å². The van der Waals surface area contributed by atoms with Crippen LogP contribution in [0.5, 0.6) is 0 Å². The average Bonchev–Trinajstić information content (AvgIpc) is 2.26. The van der Waals surface area contributed by atoms with Crippen molar-refractivity contribution in [2.45, 2.75) is 13.3 Å². The van der Waals surface area contributed by atoms with Crippen LogP contribution in [-0.4, -0.2) is 10.9 Å². The molecule has 0 aliphatic carbocycles. The van der Waals surface area contributed by atoms with Crippen LogP contribution in [0.25, 0.3) is 0 Å². The Morgan fingerprint density at radius 3 is 2.47 bits per heavy atom. The third-order valence-electron chi connectivity index (χ3n) is 1.94. The van der Waals surface area contributed by atoms with E-state index in [1.807, 2.05) is 13.0 Å². The van der Waals surface area contributed by atoms with Crippen molar-refractivity contribution in [1.29, 1.82) is 5.26 Å². The number of allylic oxidation sites excluding steroid dienone is 1. The molecule has 0 aromatic heterocycles. The fourth-order valence-electron chi connectivity index (χ4n) is 1.22. The van der Waals surface area contributed by atoms with Crippen LogP contribution in [0.3, 0.4) is 0 Å². The molecule has 0 radical (unpaired) electrons. The summed E-state index contributed by atoms with van der Waals surface area (Å²) in [5.41, 5.74) is 2.88. The summed E-state index contributed by atoms with van der Waals surface area (Å²) in [6, 6.07) is 8.94. The van der Waals surface area contributed by atoms with Gasteiger partial charge in [-0.3, -0.25) is 0 Å². The summed E-state index contributed by atoms with van der Waals surface area (Å²) in [6.07, 6.45) is 0.530. The van der Waals surface area contributed by atoms with Crippen LogP contribution in [-0.2, 0) is 0 Å². The van der Waals surface area contributed by atoms with Crippen molar-refractivity contribution in [3.63, 3.8) is 0 Å². The Morgan fingerprint density at radius 1 is 1.47 bits per heavy atom. The number of hydrogen-bond donors (Lipinski definition) is 1. The smallest absolute Gasteiger partial charge is 0.0991 e. The van der Waals surface area contributed by atoms with Gasteiger partial charge >= 0.3 is 0 Å². The molecule has 0 aliphatic rings. The van der Waals surface area contributed by atoms with Gasteiger partial charge in [0.15, 0.2) is 0 Å². The molecule has 1 aromatic carbocycles. The average molecular weight is 200 g/mol. The lowest BCUT2D eigenvalue weighted by Crippen LogP contribution is -2.01. The number of nitriles is 1. The molecule has 0 saturated heterocycles. The molecule has 76 valence electrons. The molecule has 0 atom stereocenters. The predicted octanol–water partition coefficient (Wildman–Crippen LogP) is 2.70. The van der Waals surface area contributed by atoms with E-state index in [1.165, 1.54) is 0 Å². The van der Waals surface area contributed by atoms with Crippen LogP contribution in [0.2, 0.25) is 0 Å². The first-order chi connectivity index (χ1) is 7.17. The van der Waals surface area contributed by atoms with Crippen LogP contribution < -0.4 is 0 Å². The number of benzene rings is 1. The first kappa shape index (κ1) is 11.0.